The Morgan fingerprint density at radius 1 is 1.44 bits per heavy atom. The lowest BCUT2D eigenvalue weighted by molar-refractivity contribution is -0.142. The van der Waals surface area contributed by atoms with Crippen molar-refractivity contribution in [2.45, 2.75) is 51.0 Å². The fourth-order valence-electron chi connectivity index (χ4n) is 3.18. The van der Waals surface area contributed by atoms with Gasteiger partial charge in [-0.1, -0.05) is 6.42 Å². The topological polar surface area (TPSA) is 55.6 Å². The molecule has 0 spiro atoms. The maximum atomic E-state index is 11.5. The van der Waals surface area contributed by atoms with Crippen LogP contribution in [0, 0.1) is 5.41 Å². The summed E-state index contributed by atoms with van der Waals surface area (Å²) in [5.74, 6) is -0.0735. The van der Waals surface area contributed by atoms with Crippen LogP contribution in [0.15, 0.2) is 0 Å². The standard InChI is InChI=1S/C14H26N2O2/c1-18-13(17)10-12-4-2-3-9-16(12)11-14(5-6-14)7-8-15/h12H,2-11,15H2,1H3. The number of esters is 1. The van der Waals surface area contributed by atoms with E-state index in [9.17, 15) is 4.79 Å². The molecule has 4 nitrogen and oxygen atoms in total. The van der Waals surface area contributed by atoms with Crippen LogP contribution in [0.1, 0.15) is 44.9 Å². The first-order valence-electron chi connectivity index (χ1n) is 7.20. The van der Waals surface area contributed by atoms with Crippen LogP contribution < -0.4 is 5.73 Å². The number of ether oxygens (including phenoxy) is 1. The molecule has 18 heavy (non-hydrogen) atoms. The van der Waals surface area contributed by atoms with Crippen LogP contribution in [0.4, 0.5) is 0 Å². The van der Waals surface area contributed by atoms with E-state index in [1.807, 2.05) is 0 Å². The number of methoxy groups -OCH3 is 1. The molecule has 1 aliphatic heterocycles. The minimum absolute atomic E-state index is 0.0735. The highest BCUT2D eigenvalue weighted by Gasteiger charge is 2.44. The van der Waals surface area contributed by atoms with Gasteiger partial charge >= 0.3 is 5.97 Å². The summed E-state index contributed by atoms with van der Waals surface area (Å²) < 4.78 is 4.81. The molecule has 0 aromatic rings. The summed E-state index contributed by atoms with van der Waals surface area (Å²) in [5.41, 5.74) is 6.18. The number of likely N-dealkylation sites (tertiary alicyclic amines) is 1. The highest BCUT2D eigenvalue weighted by Crippen LogP contribution is 2.49. The van der Waals surface area contributed by atoms with Gasteiger partial charge in [-0.05, 0) is 50.6 Å². The summed E-state index contributed by atoms with van der Waals surface area (Å²) in [6.45, 7) is 3.05. The Hall–Kier alpha value is -0.610. The largest absolute Gasteiger partial charge is 0.469 e. The van der Waals surface area contributed by atoms with Crippen molar-refractivity contribution >= 4 is 5.97 Å². The number of nitrogens with zero attached hydrogens (tertiary/aromatic N) is 1. The Bertz CT molecular complexity index is 290. The van der Waals surface area contributed by atoms with Crippen LogP contribution in [0.25, 0.3) is 0 Å². The van der Waals surface area contributed by atoms with Gasteiger partial charge in [0.2, 0.25) is 0 Å². The maximum Gasteiger partial charge on any atom is 0.307 e. The Morgan fingerprint density at radius 2 is 2.22 bits per heavy atom. The predicted octanol–water partition coefficient (Wildman–Crippen LogP) is 1.53. The van der Waals surface area contributed by atoms with Gasteiger partial charge in [-0.15, -0.1) is 0 Å². The number of nitrogens with two attached hydrogens (primary N) is 1. The van der Waals surface area contributed by atoms with E-state index in [1.54, 1.807) is 0 Å². The number of carbonyl (C=O) groups is 1. The van der Waals surface area contributed by atoms with E-state index in [0.29, 0.717) is 17.9 Å². The normalized spacial score (nSPS) is 26.9. The molecule has 0 aromatic heterocycles. The van der Waals surface area contributed by atoms with E-state index in [-0.39, 0.29) is 5.97 Å². The molecular formula is C14H26N2O2. The quantitative estimate of drug-likeness (QED) is 0.730. The first kappa shape index (κ1) is 13.8. The van der Waals surface area contributed by atoms with Gasteiger partial charge in [0.25, 0.3) is 0 Å². The van der Waals surface area contributed by atoms with Crippen molar-refractivity contribution in [3.05, 3.63) is 0 Å². The number of rotatable bonds is 6. The minimum Gasteiger partial charge on any atom is -0.469 e. The van der Waals surface area contributed by atoms with Gasteiger partial charge in [0.1, 0.15) is 0 Å². The molecule has 2 rings (SSSR count). The molecule has 1 unspecified atom stereocenters. The monoisotopic (exact) mass is 254 g/mol. The molecule has 0 amide bonds. The van der Waals surface area contributed by atoms with E-state index in [2.05, 4.69) is 4.90 Å². The zero-order chi connectivity index (χ0) is 13.0. The highest BCUT2D eigenvalue weighted by atomic mass is 16.5. The summed E-state index contributed by atoms with van der Waals surface area (Å²) in [6, 6.07) is 0.390. The lowest BCUT2D eigenvalue weighted by Crippen LogP contribution is -2.44. The first-order chi connectivity index (χ1) is 8.69. The first-order valence-corrected chi connectivity index (χ1v) is 7.20. The van der Waals surface area contributed by atoms with Crippen molar-refractivity contribution in [1.29, 1.82) is 0 Å². The molecule has 1 aliphatic carbocycles. The van der Waals surface area contributed by atoms with Crippen molar-refractivity contribution in [2.24, 2.45) is 11.1 Å². The lowest BCUT2D eigenvalue weighted by Gasteiger charge is -2.37. The number of carbonyl (C=O) groups excluding carboxylic acids is 1. The Morgan fingerprint density at radius 3 is 2.83 bits per heavy atom. The second-order valence-corrected chi connectivity index (χ2v) is 5.94. The van der Waals surface area contributed by atoms with Crippen molar-refractivity contribution < 1.29 is 9.53 Å². The Kier molecular flexibility index (Phi) is 4.62. The lowest BCUT2D eigenvalue weighted by atomic mass is 9.95. The third-order valence-electron chi connectivity index (χ3n) is 4.55. The summed E-state index contributed by atoms with van der Waals surface area (Å²) in [5, 5.41) is 0. The predicted molar refractivity (Wildman–Crippen MR) is 71.2 cm³/mol. The molecular weight excluding hydrogens is 228 g/mol. The number of hydrogen-bond acceptors (Lipinski definition) is 4. The second kappa shape index (κ2) is 6.02. The number of hydrogen-bond donors (Lipinski definition) is 1. The Balaban J connectivity index is 1.89. The zero-order valence-corrected chi connectivity index (χ0v) is 11.5. The molecule has 0 radical (unpaired) electrons. The van der Waals surface area contributed by atoms with Crippen LogP contribution in [0.2, 0.25) is 0 Å². The van der Waals surface area contributed by atoms with E-state index in [0.717, 1.165) is 32.5 Å². The van der Waals surface area contributed by atoms with Crippen molar-refractivity contribution in [3.63, 3.8) is 0 Å². The van der Waals surface area contributed by atoms with Gasteiger partial charge in [0, 0.05) is 12.6 Å². The van der Waals surface area contributed by atoms with E-state index in [1.165, 1.54) is 32.8 Å². The molecule has 104 valence electrons. The molecule has 2 N–H and O–H groups in total. The van der Waals surface area contributed by atoms with Crippen molar-refractivity contribution in [2.75, 3.05) is 26.7 Å². The van der Waals surface area contributed by atoms with E-state index < -0.39 is 0 Å². The highest BCUT2D eigenvalue weighted by molar-refractivity contribution is 5.69. The molecule has 2 fully saturated rings. The SMILES string of the molecule is COC(=O)CC1CCCCN1CC1(CCN)CC1. The molecule has 1 heterocycles. The van der Waals surface area contributed by atoms with Crippen LogP contribution in [-0.4, -0.2) is 43.7 Å². The summed E-state index contributed by atoms with van der Waals surface area (Å²) >= 11 is 0. The summed E-state index contributed by atoms with van der Waals surface area (Å²) in [4.78, 5) is 14.0. The molecule has 0 bridgehead atoms. The van der Waals surface area contributed by atoms with E-state index in [4.69, 9.17) is 10.5 Å². The molecule has 2 aliphatic rings. The maximum absolute atomic E-state index is 11.5. The average molecular weight is 254 g/mol. The van der Waals surface area contributed by atoms with Gasteiger partial charge < -0.3 is 10.5 Å². The second-order valence-electron chi connectivity index (χ2n) is 5.94. The average Bonchev–Trinajstić information content (AvgIpc) is 3.12. The third kappa shape index (κ3) is 3.45. The fourth-order valence-corrected chi connectivity index (χ4v) is 3.18. The van der Waals surface area contributed by atoms with E-state index >= 15 is 0 Å². The Labute approximate surface area is 110 Å². The smallest absolute Gasteiger partial charge is 0.307 e. The molecule has 0 aromatic carbocycles. The number of piperidine rings is 1. The van der Waals surface area contributed by atoms with Crippen LogP contribution in [0.5, 0.6) is 0 Å². The van der Waals surface area contributed by atoms with Gasteiger partial charge in [-0.25, -0.2) is 0 Å². The third-order valence-corrected chi connectivity index (χ3v) is 4.55. The van der Waals surface area contributed by atoms with Crippen LogP contribution in [0.3, 0.4) is 0 Å². The fraction of sp³-hybridized carbons (Fsp3) is 0.929. The molecule has 1 saturated heterocycles. The van der Waals surface area contributed by atoms with Gasteiger partial charge in [0.15, 0.2) is 0 Å². The van der Waals surface area contributed by atoms with Gasteiger partial charge in [-0.2, -0.15) is 0 Å². The summed E-state index contributed by atoms with van der Waals surface area (Å²) in [6.07, 6.45) is 7.94. The van der Waals surface area contributed by atoms with Crippen LogP contribution >= 0.6 is 0 Å². The van der Waals surface area contributed by atoms with Crippen molar-refractivity contribution in [3.8, 4) is 0 Å². The molecule has 1 saturated carbocycles. The van der Waals surface area contributed by atoms with Gasteiger partial charge in [-0.3, -0.25) is 9.69 Å². The summed E-state index contributed by atoms with van der Waals surface area (Å²) in [7, 11) is 1.48. The van der Waals surface area contributed by atoms with Crippen LogP contribution in [-0.2, 0) is 9.53 Å². The van der Waals surface area contributed by atoms with Gasteiger partial charge in [0.05, 0.1) is 13.5 Å². The zero-order valence-electron chi connectivity index (χ0n) is 11.5. The minimum atomic E-state index is -0.0735. The molecule has 4 heteroatoms. The van der Waals surface area contributed by atoms with Crippen molar-refractivity contribution in [1.82, 2.24) is 4.90 Å². The molecule has 1 atom stereocenters.